The van der Waals surface area contributed by atoms with Crippen LogP contribution in [0.3, 0.4) is 0 Å². The van der Waals surface area contributed by atoms with Gasteiger partial charge >= 0.3 is 5.97 Å². The molecule has 0 aromatic heterocycles. The normalized spacial score (nSPS) is 41.2. The molecule has 0 unspecified atom stereocenters. The lowest BCUT2D eigenvalue weighted by Crippen LogP contribution is -2.61. The van der Waals surface area contributed by atoms with Gasteiger partial charge in [-0.1, -0.05) is 70.2 Å². The highest BCUT2D eigenvalue weighted by molar-refractivity contribution is 6.04. The Labute approximate surface area is 213 Å². The van der Waals surface area contributed by atoms with Crippen LogP contribution in [-0.2, 0) is 20.7 Å². The minimum atomic E-state index is -1.78. The molecule has 4 aliphatic carbocycles. The van der Waals surface area contributed by atoms with E-state index in [-0.39, 0.29) is 42.5 Å². The minimum Gasteiger partial charge on any atom is -0.458 e. The van der Waals surface area contributed by atoms with Crippen molar-refractivity contribution in [2.75, 3.05) is 6.61 Å². The molecule has 3 N–H and O–H groups in total. The SMILES string of the molecule is CC1=C[C@H]2[C@@]3(O)[C@H](C)C[C@]4(OC(=O)[C@@H](C)Cc5ccccc5)[C@H]([C@@H]3C=C(CO)C[C@]2(O)C1=O)C4(C)C. The Bertz CT molecular complexity index is 1150. The number of aliphatic hydroxyl groups is 3. The fourth-order valence-corrected chi connectivity index (χ4v) is 7.93. The fourth-order valence-electron chi connectivity index (χ4n) is 7.93. The zero-order valence-electron chi connectivity index (χ0n) is 21.8. The van der Waals surface area contributed by atoms with Gasteiger partial charge in [0.1, 0.15) is 11.2 Å². The monoisotopic (exact) mass is 494 g/mol. The molecule has 6 nitrogen and oxygen atoms in total. The molecule has 0 spiro atoms. The van der Waals surface area contributed by atoms with Crippen molar-refractivity contribution in [2.45, 2.75) is 70.7 Å². The molecular formula is C30H38O6. The van der Waals surface area contributed by atoms with Gasteiger partial charge in [0.05, 0.1) is 18.1 Å². The number of carbonyl (C=O) groups is 2. The van der Waals surface area contributed by atoms with E-state index in [1.807, 2.05) is 50.3 Å². The third-order valence-electron chi connectivity index (χ3n) is 9.94. The lowest BCUT2D eigenvalue weighted by atomic mass is 9.60. The summed E-state index contributed by atoms with van der Waals surface area (Å²) in [7, 11) is 0. The third kappa shape index (κ3) is 3.27. The van der Waals surface area contributed by atoms with Crippen molar-refractivity contribution in [3.8, 4) is 0 Å². The zero-order valence-corrected chi connectivity index (χ0v) is 21.8. The van der Waals surface area contributed by atoms with E-state index in [4.69, 9.17) is 4.74 Å². The first-order chi connectivity index (χ1) is 16.8. The predicted molar refractivity (Wildman–Crippen MR) is 135 cm³/mol. The van der Waals surface area contributed by atoms with Crippen molar-refractivity contribution in [3.63, 3.8) is 0 Å². The Morgan fingerprint density at radius 3 is 2.47 bits per heavy atom. The van der Waals surface area contributed by atoms with Crippen LogP contribution in [0, 0.1) is 35.0 Å². The summed E-state index contributed by atoms with van der Waals surface area (Å²) in [6, 6.07) is 9.86. The van der Waals surface area contributed by atoms with E-state index in [1.54, 1.807) is 13.0 Å². The molecule has 0 amide bonds. The number of rotatable bonds is 5. The molecule has 0 heterocycles. The van der Waals surface area contributed by atoms with Gasteiger partial charge in [-0.3, -0.25) is 9.59 Å². The van der Waals surface area contributed by atoms with Crippen LogP contribution in [0.15, 0.2) is 53.6 Å². The average molecular weight is 495 g/mol. The lowest BCUT2D eigenvalue weighted by Gasteiger charge is -2.50. The number of Topliss-reactive ketones (excluding diaryl/α,β-unsaturated/α-hetero) is 1. The van der Waals surface area contributed by atoms with Crippen molar-refractivity contribution >= 4 is 11.8 Å². The summed E-state index contributed by atoms with van der Waals surface area (Å²) in [6.07, 6.45) is 4.59. The highest BCUT2D eigenvalue weighted by Gasteiger charge is 2.83. The summed E-state index contributed by atoms with van der Waals surface area (Å²) in [6.45, 7) is 9.29. The highest BCUT2D eigenvalue weighted by Crippen LogP contribution is 2.76. The Kier molecular flexibility index (Phi) is 5.71. The summed E-state index contributed by atoms with van der Waals surface area (Å²) in [5, 5.41) is 34.1. The van der Waals surface area contributed by atoms with E-state index >= 15 is 0 Å². The molecule has 2 fully saturated rings. The molecule has 8 atom stereocenters. The summed E-state index contributed by atoms with van der Waals surface area (Å²) in [5.41, 5.74) is -2.32. The number of fused-ring (bicyclic) bond motifs is 5. The molecule has 194 valence electrons. The number of esters is 1. The maximum atomic E-state index is 13.4. The Hall–Kier alpha value is -2.28. The Balaban J connectivity index is 1.50. The smallest absolute Gasteiger partial charge is 0.309 e. The van der Waals surface area contributed by atoms with Gasteiger partial charge in [0.2, 0.25) is 0 Å². The molecule has 5 rings (SSSR count). The second kappa shape index (κ2) is 8.11. The number of carbonyl (C=O) groups excluding carboxylic acids is 2. The topological polar surface area (TPSA) is 104 Å². The van der Waals surface area contributed by atoms with Crippen molar-refractivity contribution in [2.24, 2.45) is 35.0 Å². The summed E-state index contributed by atoms with van der Waals surface area (Å²) in [5.74, 6) is -2.80. The van der Waals surface area contributed by atoms with Crippen LogP contribution in [0.1, 0.15) is 53.0 Å². The number of hydrogen-bond acceptors (Lipinski definition) is 6. The molecule has 1 aromatic rings. The van der Waals surface area contributed by atoms with Crippen molar-refractivity contribution in [1.29, 1.82) is 0 Å². The summed E-state index contributed by atoms with van der Waals surface area (Å²) in [4.78, 5) is 26.4. The maximum Gasteiger partial charge on any atom is 0.309 e. The van der Waals surface area contributed by atoms with E-state index in [2.05, 4.69) is 13.8 Å². The first kappa shape index (κ1) is 25.4. The van der Waals surface area contributed by atoms with Crippen LogP contribution >= 0.6 is 0 Å². The van der Waals surface area contributed by atoms with E-state index in [0.717, 1.165) is 5.56 Å². The number of ether oxygens (including phenoxy) is 1. The van der Waals surface area contributed by atoms with Gasteiger partial charge in [0.25, 0.3) is 0 Å². The zero-order chi connectivity index (χ0) is 26.3. The number of aliphatic hydroxyl groups excluding tert-OH is 1. The highest BCUT2D eigenvalue weighted by atomic mass is 16.6. The van der Waals surface area contributed by atoms with Gasteiger partial charge in [-0.05, 0) is 42.4 Å². The average Bonchev–Trinajstić information content (AvgIpc) is 3.23. The number of benzene rings is 1. The molecule has 2 saturated carbocycles. The van der Waals surface area contributed by atoms with E-state index < -0.39 is 34.1 Å². The van der Waals surface area contributed by atoms with Crippen LogP contribution in [0.5, 0.6) is 0 Å². The van der Waals surface area contributed by atoms with E-state index in [0.29, 0.717) is 24.0 Å². The molecule has 1 aromatic carbocycles. The van der Waals surface area contributed by atoms with Crippen molar-refractivity contribution in [3.05, 3.63) is 59.2 Å². The molecule has 0 saturated heterocycles. The van der Waals surface area contributed by atoms with Gasteiger partial charge in [0.15, 0.2) is 5.78 Å². The molecular weight excluding hydrogens is 456 g/mol. The van der Waals surface area contributed by atoms with E-state index in [1.165, 1.54) is 0 Å². The van der Waals surface area contributed by atoms with Crippen molar-refractivity contribution in [1.82, 2.24) is 0 Å². The van der Waals surface area contributed by atoms with Crippen molar-refractivity contribution < 1.29 is 29.6 Å². The van der Waals surface area contributed by atoms with Gasteiger partial charge < -0.3 is 20.1 Å². The fraction of sp³-hybridized carbons (Fsp3) is 0.600. The quantitative estimate of drug-likeness (QED) is 0.428. The first-order valence-electron chi connectivity index (χ1n) is 13.1. The van der Waals surface area contributed by atoms with Crippen LogP contribution in [0.4, 0.5) is 0 Å². The third-order valence-corrected chi connectivity index (χ3v) is 9.94. The Morgan fingerprint density at radius 1 is 1.17 bits per heavy atom. The minimum absolute atomic E-state index is 0.0135. The van der Waals surface area contributed by atoms with Gasteiger partial charge in [0, 0.05) is 29.6 Å². The van der Waals surface area contributed by atoms with Crippen LogP contribution in [0.2, 0.25) is 0 Å². The second-order valence-electron chi connectivity index (χ2n) is 12.4. The molecule has 4 aliphatic rings. The van der Waals surface area contributed by atoms with E-state index in [9.17, 15) is 24.9 Å². The lowest BCUT2D eigenvalue weighted by molar-refractivity contribution is -0.188. The molecule has 6 heteroatoms. The Morgan fingerprint density at radius 2 is 1.83 bits per heavy atom. The number of ketones is 1. The van der Waals surface area contributed by atoms with Gasteiger partial charge in [-0.2, -0.15) is 0 Å². The second-order valence-corrected chi connectivity index (χ2v) is 12.4. The number of hydrogen-bond donors (Lipinski definition) is 3. The van der Waals surface area contributed by atoms with Crippen LogP contribution < -0.4 is 0 Å². The first-order valence-corrected chi connectivity index (χ1v) is 13.1. The summed E-state index contributed by atoms with van der Waals surface area (Å²) >= 11 is 0. The van der Waals surface area contributed by atoms with Crippen LogP contribution in [0.25, 0.3) is 0 Å². The summed E-state index contributed by atoms with van der Waals surface area (Å²) < 4.78 is 6.37. The molecule has 36 heavy (non-hydrogen) atoms. The predicted octanol–water partition coefficient (Wildman–Crippen LogP) is 3.39. The standard InChI is InChI=1S/C30H38O6/c1-17-12-23-28(34,25(17)32)15-21(16-31)13-22-24-27(4,5)29(24,14-19(3)30(22,23)35)36-26(33)18(2)11-20-9-7-6-8-10-20/h6-10,12-13,18-19,22-24,31,34-35H,11,14-16H2,1-5H3/t18-,19+,22-,23+,24+,28+,29-,30+/m0/s1. The molecule has 0 aliphatic heterocycles. The molecule has 0 radical (unpaired) electrons. The van der Waals surface area contributed by atoms with Gasteiger partial charge in [-0.25, -0.2) is 0 Å². The maximum absolute atomic E-state index is 13.4. The van der Waals surface area contributed by atoms with Crippen LogP contribution in [-0.4, -0.2) is 50.5 Å². The molecule has 0 bridgehead atoms. The van der Waals surface area contributed by atoms with Gasteiger partial charge in [-0.15, -0.1) is 0 Å². The largest absolute Gasteiger partial charge is 0.458 e.